The molecule has 0 saturated heterocycles. The highest BCUT2D eigenvalue weighted by Gasteiger charge is 2.23. The van der Waals surface area contributed by atoms with E-state index in [-0.39, 0.29) is 110 Å². The van der Waals surface area contributed by atoms with Crippen LogP contribution in [0, 0.1) is 0 Å². The van der Waals surface area contributed by atoms with Crippen molar-refractivity contribution in [3.05, 3.63) is 168 Å². The van der Waals surface area contributed by atoms with Gasteiger partial charge in [-0.2, -0.15) is 19.9 Å². The fourth-order valence-electron chi connectivity index (χ4n) is 11.0. The van der Waals surface area contributed by atoms with Gasteiger partial charge >= 0.3 is 36.0 Å². The van der Waals surface area contributed by atoms with Crippen molar-refractivity contribution < 1.29 is 66.4 Å². The summed E-state index contributed by atoms with van der Waals surface area (Å²) in [4.78, 5) is 56.2. The van der Waals surface area contributed by atoms with Crippen LogP contribution in [0.4, 0.5) is 11.9 Å². The number of hydrogen-bond acceptors (Lipinski definition) is 22. The summed E-state index contributed by atoms with van der Waals surface area (Å²) in [5, 5.41) is 19.3. The van der Waals surface area contributed by atoms with Gasteiger partial charge in [-0.25, -0.2) is 9.59 Å². The van der Waals surface area contributed by atoms with Gasteiger partial charge in [0.2, 0.25) is 11.9 Å². The van der Waals surface area contributed by atoms with Crippen LogP contribution in [0.2, 0.25) is 0 Å². The van der Waals surface area contributed by atoms with Gasteiger partial charge in [0.15, 0.2) is 0 Å². The lowest BCUT2D eigenvalue weighted by molar-refractivity contribution is -0.0159. The zero-order chi connectivity index (χ0) is 60.6. The number of nitrogens with zero attached hydrogens (tertiary/aromatic N) is 6. The van der Waals surface area contributed by atoms with Gasteiger partial charge in [0, 0.05) is 25.2 Å². The van der Waals surface area contributed by atoms with Gasteiger partial charge in [-0.15, -0.1) is 9.97 Å². The number of ether oxygens (including phenoxy) is 12. The summed E-state index contributed by atoms with van der Waals surface area (Å²) in [7, 11) is 0. The third kappa shape index (κ3) is 13.2. The van der Waals surface area contributed by atoms with Gasteiger partial charge < -0.3 is 67.5 Å². The molecule has 0 atom stereocenters. The zero-order valence-corrected chi connectivity index (χ0v) is 48.6. The van der Waals surface area contributed by atoms with Crippen LogP contribution in [0.25, 0.3) is 64.6 Å². The van der Waals surface area contributed by atoms with Crippen LogP contribution in [0.1, 0.15) is 31.8 Å². The molecule has 4 heterocycles. The number of carbonyl (C=O) groups is 2. The van der Waals surface area contributed by atoms with Gasteiger partial charge in [-0.3, -0.25) is 0 Å². The predicted octanol–water partition coefficient (Wildman–Crippen LogP) is 12.0. The van der Waals surface area contributed by atoms with Crippen LogP contribution < -0.4 is 29.6 Å². The molecule has 0 aliphatic carbocycles. The molecule has 12 aromatic rings. The minimum absolute atomic E-state index is 0.0323. The third-order valence-corrected chi connectivity index (χ3v) is 15.1. The second-order valence-electron chi connectivity index (χ2n) is 21.1. The number of esters is 2. The number of nitrogens with one attached hydrogen (secondary N) is 2. The largest absolute Gasteiger partial charge is 0.457 e. The monoisotopic (exact) mass is 1210 g/mol. The Bertz CT molecular complexity index is 4170. The number of hydrogen-bond donors (Lipinski definition) is 2. The first-order chi connectivity index (χ1) is 44.4. The van der Waals surface area contributed by atoms with Gasteiger partial charge in [0.1, 0.15) is 36.2 Å². The lowest BCUT2D eigenvalue weighted by Crippen LogP contribution is -2.16. The average molecular weight is 1210 g/mol. The van der Waals surface area contributed by atoms with Crippen molar-refractivity contribution in [2.45, 2.75) is 13.2 Å². The number of rotatable bonds is 6. The summed E-state index contributed by atoms with van der Waals surface area (Å²) in [6.07, 6.45) is 0. The zero-order valence-electron chi connectivity index (χ0n) is 48.6. The van der Waals surface area contributed by atoms with Crippen LogP contribution in [0.5, 0.6) is 47.0 Å². The van der Waals surface area contributed by atoms with Crippen molar-refractivity contribution in [3.8, 4) is 47.0 Å². The lowest BCUT2D eigenvalue weighted by atomic mass is 9.92. The maximum Gasteiger partial charge on any atom is 0.338 e. The normalized spacial score (nSPS) is 15.2. The molecule has 2 aliphatic heterocycles. The van der Waals surface area contributed by atoms with Crippen LogP contribution in [0.15, 0.2) is 146 Å². The molecule has 10 bridgehead atoms. The van der Waals surface area contributed by atoms with E-state index in [1.165, 1.54) is 36.4 Å². The fourth-order valence-corrected chi connectivity index (χ4v) is 11.0. The van der Waals surface area contributed by atoms with Gasteiger partial charge in [0.05, 0.1) is 90.4 Å². The Morgan fingerprint density at radius 1 is 0.344 bits per heavy atom. The summed E-state index contributed by atoms with van der Waals surface area (Å²) in [6, 6.07) is 45.0. The third-order valence-electron chi connectivity index (χ3n) is 15.1. The molecule has 454 valence electrons. The lowest BCUT2D eigenvalue weighted by Gasteiger charge is -2.16. The highest BCUT2D eigenvalue weighted by molar-refractivity contribution is 6.24. The summed E-state index contributed by atoms with van der Waals surface area (Å²) in [6.45, 7) is 4.52. The molecule has 22 nitrogen and oxygen atoms in total. The second kappa shape index (κ2) is 26.6. The second-order valence-corrected chi connectivity index (χ2v) is 21.1. The molecule has 0 saturated carbocycles. The van der Waals surface area contributed by atoms with E-state index in [0.29, 0.717) is 66.1 Å². The molecule has 10 aromatic carbocycles. The molecule has 14 rings (SSSR count). The van der Waals surface area contributed by atoms with E-state index in [0.717, 1.165) is 75.8 Å². The Balaban J connectivity index is 0.793. The van der Waals surface area contributed by atoms with Gasteiger partial charge in [-0.1, -0.05) is 109 Å². The Morgan fingerprint density at radius 3 is 0.989 bits per heavy atom. The van der Waals surface area contributed by atoms with E-state index < -0.39 is 11.9 Å². The smallest absolute Gasteiger partial charge is 0.338 e. The van der Waals surface area contributed by atoms with Crippen molar-refractivity contribution in [2.24, 2.45) is 0 Å². The molecule has 2 aromatic heterocycles. The van der Waals surface area contributed by atoms with Crippen LogP contribution in [0.3, 0.4) is 0 Å². The van der Waals surface area contributed by atoms with Crippen LogP contribution in [-0.2, 0) is 51.1 Å². The number of carbonyl (C=O) groups excluding carboxylic acids is 2. The SMILES string of the molecule is O=C(OCc1ccc2ccc3cccc4ccc1c2c34)c1cc2cc(c1)Oc1nc3nc(n1)Oc1cc(cc(C(=O)OCc4ccc5ccc6cccc7ccc4c5c67)c1)Oc1nc(nc(n1)O2)NCCOCCOCCOCCOCCOCCOCCN3. The molecule has 2 N–H and O–H groups in total. The molecule has 0 unspecified atom stereocenters. The van der Waals surface area contributed by atoms with E-state index in [1.807, 2.05) is 36.4 Å². The van der Waals surface area contributed by atoms with E-state index in [1.54, 1.807) is 0 Å². The van der Waals surface area contributed by atoms with Crippen molar-refractivity contribution in [1.29, 1.82) is 0 Å². The van der Waals surface area contributed by atoms with Gasteiger partial charge in [0.25, 0.3) is 0 Å². The van der Waals surface area contributed by atoms with Crippen molar-refractivity contribution >= 4 is 88.5 Å². The average Bonchev–Trinajstić information content (AvgIpc) is 0.799. The molecule has 0 radical (unpaired) electrons. The van der Waals surface area contributed by atoms with Crippen molar-refractivity contribution in [3.63, 3.8) is 0 Å². The maximum absolute atomic E-state index is 14.4. The first-order valence-electron chi connectivity index (χ1n) is 29.5. The molecule has 22 heteroatoms. The number of benzene rings is 10. The number of fused-ring (bicyclic) bond motifs is 6. The molecular weight excluding hydrogens is 1150 g/mol. The standard InChI is InChI=1S/C68H58N8O14/c77-61(85-39-47-13-11-45-9-7-41-3-1-5-43-15-17-55(47)59(45)57(41)43)49-33-51-37-52(34-49)88-66-72-64-70-20-22-80-24-26-82-28-30-84-32-31-83-29-27-81-25-23-79-21-19-69-63-71-65(87-51)75-67(73-63)89-53-35-50(36-54(38-53)90-68(74-64)76-66)62(78)86-40-48-14-12-46-10-8-42-4-2-6-44-16-18-56(48)60(46)58(42)44/h1-18,33-38H,19-32,39-40H2,(H,69,71,73,75)(H,70,72,74,76). The Kier molecular flexibility index (Phi) is 17.0. The maximum atomic E-state index is 14.4. The van der Waals surface area contributed by atoms with Gasteiger partial charge in [-0.05, 0) is 100 Å². The number of aromatic nitrogens is 6. The molecule has 0 fully saturated rings. The molecular formula is C68H58N8O14. The summed E-state index contributed by atoms with van der Waals surface area (Å²) >= 11 is 0. The highest BCUT2D eigenvalue weighted by atomic mass is 16.6. The van der Waals surface area contributed by atoms with E-state index in [9.17, 15) is 9.59 Å². The van der Waals surface area contributed by atoms with Crippen molar-refractivity contribution in [1.82, 2.24) is 29.9 Å². The molecule has 90 heavy (non-hydrogen) atoms. The first-order valence-corrected chi connectivity index (χ1v) is 29.5. The summed E-state index contributed by atoms with van der Waals surface area (Å²) in [5.41, 5.74) is 1.70. The Hall–Kier alpha value is -10.2. The van der Waals surface area contributed by atoms with Crippen LogP contribution >= 0.6 is 0 Å². The fraction of sp³-hybridized carbons (Fsp3) is 0.235. The number of anilines is 2. The minimum atomic E-state index is -0.700. The quantitative estimate of drug-likeness (QED) is 0.116. The first kappa shape index (κ1) is 57.5. The summed E-state index contributed by atoms with van der Waals surface area (Å²) in [5.74, 6) is -1.16. The Labute approximate surface area is 513 Å². The van der Waals surface area contributed by atoms with E-state index in [4.69, 9.17) is 56.8 Å². The molecule has 0 spiro atoms. The van der Waals surface area contributed by atoms with E-state index >= 15 is 0 Å². The minimum Gasteiger partial charge on any atom is -0.457 e. The van der Waals surface area contributed by atoms with E-state index in [2.05, 4.69) is 113 Å². The Morgan fingerprint density at radius 2 is 0.644 bits per heavy atom. The predicted molar refractivity (Wildman–Crippen MR) is 333 cm³/mol. The van der Waals surface area contributed by atoms with Crippen LogP contribution in [-0.4, -0.2) is 134 Å². The van der Waals surface area contributed by atoms with Crippen molar-refractivity contribution in [2.75, 3.05) is 103 Å². The highest BCUT2D eigenvalue weighted by Crippen LogP contribution is 2.40. The topological polar surface area (TPSA) is 246 Å². The summed E-state index contributed by atoms with van der Waals surface area (Å²) < 4.78 is 72.1. The molecule has 0 amide bonds. The molecule has 2 aliphatic rings.